The van der Waals surface area contributed by atoms with Crippen LogP contribution in [0.25, 0.3) is 10.2 Å². The predicted molar refractivity (Wildman–Crippen MR) is 160 cm³/mol. The largest absolute Gasteiger partial charge is 0.528 e. The van der Waals surface area contributed by atoms with E-state index in [1.165, 1.54) is 4.70 Å². The zero-order valence-electron chi connectivity index (χ0n) is 24.6. The summed E-state index contributed by atoms with van der Waals surface area (Å²) in [5, 5.41) is 2.65. The van der Waals surface area contributed by atoms with Crippen LogP contribution in [-0.4, -0.2) is 97.2 Å². The van der Waals surface area contributed by atoms with Gasteiger partial charge in [-0.1, -0.05) is 24.3 Å². The minimum Gasteiger partial charge on any atom is -0.492 e. The number of carbonyl (C=O) groups is 1. The lowest BCUT2D eigenvalue weighted by Crippen LogP contribution is -2.48. The molecule has 0 N–H and O–H groups in total. The maximum atomic E-state index is 11.9. The monoisotopic (exact) mass is 582 g/mol. The number of piperidine rings is 1. The summed E-state index contributed by atoms with van der Waals surface area (Å²) < 4.78 is 19.4. The Labute approximate surface area is 246 Å². The third-order valence-electron chi connectivity index (χ3n) is 7.29. The molecule has 2 saturated heterocycles. The van der Waals surface area contributed by atoms with Gasteiger partial charge in [-0.05, 0) is 70.5 Å². The quantitative estimate of drug-likeness (QED) is 0.310. The second kappa shape index (κ2) is 13.5. The Morgan fingerprint density at radius 3 is 2.51 bits per heavy atom. The molecule has 2 aliphatic rings. The Kier molecular flexibility index (Phi) is 9.77. The molecule has 0 saturated carbocycles. The van der Waals surface area contributed by atoms with Gasteiger partial charge in [0.25, 0.3) is 0 Å². The number of hydrogen-bond donors (Lipinski definition) is 0. The molecule has 2 aromatic carbocycles. The van der Waals surface area contributed by atoms with Gasteiger partial charge in [-0.2, -0.15) is 0 Å². The summed E-state index contributed by atoms with van der Waals surface area (Å²) in [6.45, 7) is 11.8. The number of ether oxygens (including phenoxy) is 3. The highest BCUT2D eigenvalue weighted by Gasteiger charge is 2.27. The SMILES string of the molecule is CN1CCC(OC(c2cccc(OCCN3CCN(OC(=O)OC(C)(C)C)CC3)c2)c2nc3ccccc3s2)CC1. The normalized spacial score (nSPS) is 18.8. The van der Waals surface area contributed by atoms with Crippen LogP contribution in [0.3, 0.4) is 0 Å². The van der Waals surface area contributed by atoms with Gasteiger partial charge in [-0.15, -0.1) is 16.4 Å². The molecule has 222 valence electrons. The van der Waals surface area contributed by atoms with Gasteiger partial charge < -0.3 is 23.9 Å². The van der Waals surface area contributed by atoms with Crippen molar-refractivity contribution in [2.24, 2.45) is 0 Å². The molecule has 1 aromatic heterocycles. The topological polar surface area (TPSA) is 76.6 Å². The van der Waals surface area contributed by atoms with E-state index >= 15 is 0 Å². The third kappa shape index (κ3) is 8.62. The van der Waals surface area contributed by atoms with E-state index in [2.05, 4.69) is 47.2 Å². The molecule has 41 heavy (non-hydrogen) atoms. The van der Waals surface area contributed by atoms with Crippen LogP contribution in [0, 0.1) is 0 Å². The molecule has 3 aromatic rings. The van der Waals surface area contributed by atoms with E-state index in [0.29, 0.717) is 19.7 Å². The zero-order valence-corrected chi connectivity index (χ0v) is 25.4. The van der Waals surface area contributed by atoms with Crippen molar-refractivity contribution >= 4 is 27.7 Å². The highest BCUT2D eigenvalue weighted by Crippen LogP contribution is 2.36. The van der Waals surface area contributed by atoms with Crippen molar-refractivity contribution < 1.29 is 23.8 Å². The summed E-state index contributed by atoms with van der Waals surface area (Å²) in [5.74, 6) is 0.826. The maximum absolute atomic E-state index is 11.9. The molecule has 0 spiro atoms. The fraction of sp³-hybridized carbons (Fsp3) is 0.548. The van der Waals surface area contributed by atoms with Crippen LogP contribution >= 0.6 is 11.3 Å². The van der Waals surface area contributed by atoms with E-state index in [4.69, 9.17) is 24.0 Å². The van der Waals surface area contributed by atoms with Crippen LogP contribution in [0.4, 0.5) is 4.79 Å². The average molecular weight is 583 g/mol. The van der Waals surface area contributed by atoms with Gasteiger partial charge in [0.15, 0.2) is 0 Å². The minimum absolute atomic E-state index is 0.200. The lowest BCUT2D eigenvalue weighted by Gasteiger charge is -2.33. The number of benzene rings is 2. The Balaban J connectivity index is 1.17. The first-order valence-corrected chi connectivity index (χ1v) is 15.3. The smallest absolute Gasteiger partial charge is 0.492 e. The molecule has 2 fully saturated rings. The van der Waals surface area contributed by atoms with Crippen LogP contribution in [-0.2, 0) is 14.3 Å². The fourth-order valence-corrected chi connectivity index (χ4v) is 6.11. The van der Waals surface area contributed by atoms with Crippen LogP contribution in [0.15, 0.2) is 48.5 Å². The summed E-state index contributed by atoms with van der Waals surface area (Å²) in [4.78, 5) is 26.9. The molecule has 1 unspecified atom stereocenters. The molecular formula is C31H42N4O5S. The van der Waals surface area contributed by atoms with Crippen molar-refractivity contribution in [3.05, 3.63) is 59.1 Å². The number of likely N-dealkylation sites (tertiary alicyclic amines) is 1. The van der Waals surface area contributed by atoms with Crippen LogP contribution < -0.4 is 4.74 Å². The van der Waals surface area contributed by atoms with Crippen molar-refractivity contribution in [2.75, 3.05) is 59.5 Å². The van der Waals surface area contributed by atoms with Crippen molar-refractivity contribution in [2.45, 2.75) is 51.4 Å². The molecule has 3 heterocycles. The second-order valence-corrected chi connectivity index (χ2v) is 12.8. The molecule has 5 rings (SSSR count). The van der Waals surface area contributed by atoms with Gasteiger partial charge in [-0.3, -0.25) is 4.90 Å². The fourth-order valence-electron chi connectivity index (χ4n) is 5.07. The average Bonchev–Trinajstić information content (AvgIpc) is 3.37. The molecule has 10 heteroatoms. The molecule has 0 amide bonds. The van der Waals surface area contributed by atoms with E-state index in [0.717, 1.165) is 67.4 Å². The highest BCUT2D eigenvalue weighted by molar-refractivity contribution is 7.18. The summed E-state index contributed by atoms with van der Waals surface area (Å²) in [5.41, 5.74) is 1.50. The first kappa shape index (κ1) is 29.7. The number of rotatable bonds is 9. The van der Waals surface area contributed by atoms with E-state index in [1.54, 1.807) is 16.4 Å². The van der Waals surface area contributed by atoms with Crippen molar-refractivity contribution in [3.8, 4) is 5.75 Å². The van der Waals surface area contributed by atoms with Gasteiger partial charge in [0, 0.05) is 45.8 Å². The Bertz CT molecular complexity index is 1250. The zero-order chi connectivity index (χ0) is 28.8. The molecule has 0 aliphatic carbocycles. The molecule has 0 bridgehead atoms. The number of nitrogens with zero attached hydrogens (tertiary/aromatic N) is 4. The van der Waals surface area contributed by atoms with Crippen LogP contribution in [0.1, 0.15) is 50.3 Å². The number of aromatic nitrogens is 1. The number of piperazine rings is 1. The van der Waals surface area contributed by atoms with E-state index in [1.807, 2.05) is 39.0 Å². The predicted octanol–water partition coefficient (Wildman–Crippen LogP) is 5.36. The number of hydrogen-bond acceptors (Lipinski definition) is 10. The summed E-state index contributed by atoms with van der Waals surface area (Å²) in [7, 11) is 2.17. The second-order valence-electron chi connectivity index (χ2n) is 11.8. The summed E-state index contributed by atoms with van der Waals surface area (Å²) in [6, 6.07) is 16.5. The molecule has 9 nitrogen and oxygen atoms in total. The lowest BCUT2D eigenvalue weighted by molar-refractivity contribution is -0.158. The standard InChI is InChI=1S/C31H42N4O5S/c1-31(2,3)39-30(36)40-35-18-16-34(17-19-35)20-21-37-25-9-7-8-23(22-25)28(38-24-12-14-33(4)15-13-24)29-32-26-10-5-6-11-27(26)41-29/h5-11,22,24,28H,12-21H2,1-4H3. The number of fused-ring (bicyclic) bond motifs is 1. The van der Waals surface area contributed by atoms with E-state index < -0.39 is 11.8 Å². The van der Waals surface area contributed by atoms with Gasteiger partial charge in [0.2, 0.25) is 0 Å². The third-order valence-corrected chi connectivity index (χ3v) is 8.37. The maximum Gasteiger partial charge on any atom is 0.528 e. The van der Waals surface area contributed by atoms with Crippen LogP contribution in [0.5, 0.6) is 5.75 Å². The van der Waals surface area contributed by atoms with Gasteiger partial charge in [0.05, 0.1) is 16.3 Å². The Hall–Kier alpha value is -2.76. The number of thiazole rings is 1. The van der Waals surface area contributed by atoms with E-state index in [9.17, 15) is 4.79 Å². The molecule has 1 atom stereocenters. The number of para-hydroxylation sites is 1. The molecule has 0 radical (unpaired) electrons. The number of hydroxylamine groups is 2. The Morgan fingerprint density at radius 1 is 1.02 bits per heavy atom. The van der Waals surface area contributed by atoms with Crippen molar-refractivity contribution in [3.63, 3.8) is 0 Å². The first-order valence-electron chi connectivity index (χ1n) is 14.5. The van der Waals surface area contributed by atoms with Crippen molar-refractivity contribution in [1.82, 2.24) is 19.8 Å². The minimum atomic E-state index is -0.655. The van der Waals surface area contributed by atoms with Gasteiger partial charge in [0.1, 0.15) is 29.1 Å². The van der Waals surface area contributed by atoms with Gasteiger partial charge >= 0.3 is 6.16 Å². The number of carbonyl (C=O) groups excluding carboxylic acids is 1. The lowest BCUT2D eigenvalue weighted by atomic mass is 10.1. The van der Waals surface area contributed by atoms with E-state index in [-0.39, 0.29) is 12.2 Å². The Morgan fingerprint density at radius 2 is 1.78 bits per heavy atom. The first-order chi connectivity index (χ1) is 19.7. The molecular weight excluding hydrogens is 540 g/mol. The molecule has 2 aliphatic heterocycles. The summed E-state index contributed by atoms with van der Waals surface area (Å²) in [6.07, 6.45) is 1.35. The summed E-state index contributed by atoms with van der Waals surface area (Å²) >= 11 is 1.70. The highest BCUT2D eigenvalue weighted by atomic mass is 32.1. The van der Waals surface area contributed by atoms with Crippen molar-refractivity contribution in [1.29, 1.82) is 0 Å². The van der Waals surface area contributed by atoms with Gasteiger partial charge in [-0.25, -0.2) is 9.78 Å². The van der Waals surface area contributed by atoms with Crippen LogP contribution in [0.2, 0.25) is 0 Å².